The molecule has 0 fully saturated rings. The maximum Gasteiger partial charge on any atom is 0.240 e. The molecule has 0 unspecified atom stereocenters. The van der Waals surface area contributed by atoms with Gasteiger partial charge in [0.25, 0.3) is 0 Å². The molecule has 1 aromatic rings. The first-order valence-electron chi connectivity index (χ1n) is 8.73. The highest BCUT2D eigenvalue weighted by molar-refractivity contribution is 7.77. The molecule has 0 saturated heterocycles. The second kappa shape index (κ2) is 11.3. The molecule has 138 valence electrons. The number of amides is 1. The molecule has 0 saturated carbocycles. The minimum atomic E-state index is -0.0639. The monoisotopic (exact) mass is 380 g/mol. The fourth-order valence-electron chi connectivity index (χ4n) is 2.30. The van der Waals surface area contributed by atoms with Gasteiger partial charge in [0.1, 0.15) is 6.54 Å². The van der Waals surface area contributed by atoms with Gasteiger partial charge in [-0.3, -0.25) is 4.79 Å². The van der Waals surface area contributed by atoms with E-state index < -0.39 is 0 Å². The van der Waals surface area contributed by atoms with Crippen molar-refractivity contribution in [3.05, 3.63) is 57.8 Å². The molecule has 25 heavy (non-hydrogen) atoms. The molecule has 0 aliphatic heterocycles. The normalized spacial score (nSPS) is 13.6. The average Bonchev–Trinajstić information content (AvgIpc) is 2.57. The van der Waals surface area contributed by atoms with Crippen molar-refractivity contribution in [3.63, 3.8) is 0 Å². The number of hydrogen-bond donors (Lipinski definition) is 2. The van der Waals surface area contributed by atoms with Crippen LogP contribution in [0, 0.1) is 6.92 Å². The summed E-state index contributed by atoms with van der Waals surface area (Å²) in [5, 5.41) is 3.75. The highest BCUT2D eigenvalue weighted by atomic mass is 35.5. The molecule has 1 amide bonds. The highest BCUT2D eigenvalue weighted by Gasteiger charge is 2.17. The number of allylic oxidation sites excluding steroid dienone is 3. The summed E-state index contributed by atoms with van der Waals surface area (Å²) in [5.74, 6) is -0.0639. The van der Waals surface area contributed by atoms with Gasteiger partial charge in [-0.05, 0) is 37.8 Å². The molecule has 0 aromatic heterocycles. The van der Waals surface area contributed by atoms with Gasteiger partial charge < -0.3 is 9.62 Å². The summed E-state index contributed by atoms with van der Waals surface area (Å²) >= 11 is 10.6. The minimum Gasteiger partial charge on any atom is -0.350 e. The SMILES string of the molecule is CC1=C(Cl)CCC=C1N(S)CC(=O)NCc1ccc(C)cc1.CCC. The fraction of sp³-hybridized carbons (Fsp3) is 0.450. The Morgan fingerprint density at radius 2 is 1.84 bits per heavy atom. The second-order valence-electron chi connectivity index (χ2n) is 6.19. The first-order valence-corrected chi connectivity index (χ1v) is 9.51. The molecule has 5 heteroatoms. The van der Waals surface area contributed by atoms with Gasteiger partial charge in [-0.1, -0.05) is 80.6 Å². The molecule has 2 rings (SSSR count). The van der Waals surface area contributed by atoms with E-state index in [1.165, 1.54) is 12.0 Å². The van der Waals surface area contributed by atoms with Crippen molar-refractivity contribution in [2.75, 3.05) is 6.54 Å². The molecule has 1 aromatic carbocycles. The van der Waals surface area contributed by atoms with Crippen molar-refractivity contribution in [3.8, 4) is 0 Å². The quantitative estimate of drug-likeness (QED) is 0.673. The number of thiol groups is 1. The van der Waals surface area contributed by atoms with Crippen molar-refractivity contribution < 1.29 is 4.79 Å². The molecule has 0 bridgehead atoms. The number of aryl methyl sites for hydroxylation is 1. The standard InChI is InChI=1S/C17H21ClN2OS.C3H8/c1-12-6-8-14(9-7-12)10-19-17(21)11-20(22)16-5-3-4-15(18)13(16)2;1-3-2/h5-9,22H,3-4,10-11H2,1-2H3,(H,19,21);3H2,1-2H3. The summed E-state index contributed by atoms with van der Waals surface area (Å²) < 4.78 is 1.65. The number of carbonyl (C=O) groups excluding carboxylic acids is 1. The zero-order valence-electron chi connectivity index (χ0n) is 15.6. The maximum atomic E-state index is 12.0. The number of hydrogen-bond acceptors (Lipinski definition) is 3. The van der Waals surface area contributed by atoms with Crippen LogP contribution in [0.2, 0.25) is 0 Å². The van der Waals surface area contributed by atoms with Gasteiger partial charge in [-0.25, -0.2) is 0 Å². The lowest BCUT2D eigenvalue weighted by atomic mass is 10.0. The summed E-state index contributed by atoms with van der Waals surface area (Å²) in [6, 6.07) is 8.11. The summed E-state index contributed by atoms with van der Waals surface area (Å²) in [4.78, 5) is 12.0. The Kier molecular flexibility index (Phi) is 9.76. The van der Waals surface area contributed by atoms with Crippen molar-refractivity contribution in [2.45, 2.75) is 53.5 Å². The van der Waals surface area contributed by atoms with E-state index in [4.69, 9.17) is 11.6 Å². The third kappa shape index (κ3) is 7.57. The number of nitrogens with zero attached hydrogens (tertiary/aromatic N) is 1. The Balaban J connectivity index is 0.000000970. The van der Waals surface area contributed by atoms with Crippen LogP contribution in [0.1, 0.15) is 51.2 Å². The molecule has 1 aliphatic rings. The first-order chi connectivity index (χ1) is 11.9. The molecule has 0 radical (unpaired) electrons. The van der Waals surface area contributed by atoms with Gasteiger partial charge in [-0.2, -0.15) is 0 Å². The van der Waals surface area contributed by atoms with E-state index in [0.29, 0.717) is 6.54 Å². The van der Waals surface area contributed by atoms with Crippen LogP contribution in [0.15, 0.2) is 46.6 Å². The van der Waals surface area contributed by atoms with E-state index in [2.05, 4.69) is 38.1 Å². The highest BCUT2D eigenvalue weighted by Crippen LogP contribution is 2.30. The largest absolute Gasteiger partial charge is 0.350 e. The molecular formula is C20H29ClN2OS. The predicted molar refractivity (Wildman–Crippen MR) is 111 cm³/mol. The Bertz CT molecular complexity index is 623. The minimum absolute atomic E-state index is 0.0639. The van der Waals surface area contributed by atoms with E-state index in [1.54, 1.807) is 4.31 Å². The third-order valence-corrected chi connectivity index (χ3v) is 4.50. The number of benzene rings is 1. The maximum absolute atomic E-state index is 12.0. The smallest absolute Gasteiger partial charge is 0.240 e. The van der Waals surface area contributed by atoms with E-state index in [9.17, 15) is 4.79 Å². The van der Waals surface area contributed by atoms with Crippen LogP contribution >= 0.6 is 24.4 Å². The number of rotatable bonds is 5. The molecule has 0 heterocycles. The number of nitrogens with one attached hydrogen (secondary N) is 1. The Hall–Kier alpha value is -1.39. The lowest BCUT2D eigenvalue weighted by molar-refractivity contribution is -0.121. The van der Waals surface area contributed by atoms with Gasteiger partial charge in [0.2, 0.25) is 5.91 Å². The topological polar surface area (TPSA) is 32.3 Å². The molecule has 1 aliphatic carbocycles. The summed E-state index contributed by atoms with van der Waals surface area (Å²) in [6.45, 7) is 8.97. The second-order valence-corrected chi connectivity index (χ2v) is 7.12. The van der Waals surface area contributed by atoms with Crippen molar-refractivity contribution in [2.24, 2.45) is 0 Å². The van der Waals surface area contributed by atoms with Gasteiger partial charge >= 0.3 is 0 Å². The van der Waals surface area contributed by atoms with Crippen LogP contribution in [0.5, 0.6) is 0 Å². The van der Waals surface area contributed by atoms with Crippen molar-refractivity contribution >= 4 is 30.3 Å². The molecule has 0 atom stereocenters. The lowest BCUT2D eigenvalue weighted by Crippen LogP contribution is -2.32. The summed E-state index contributed by atoms with van der Waals surface area (Å²) in [7, 11) is 0. The summed E-state index contributed by atoms with van der Waals surface area (Å²) in [5.41, 5.74) is 4.21. The van der Waals surface area contributed by atoms with Crippen LogP contribution in [0.4, 0.5) is 0 Å². The Morgan fingerprint density at radius 3 is 2.44 bits per heavy atom. The van der Waals surface area contributed by atoms with Gasteiger partial charge in [-0.15, -0.1) is 0 Å². The molecule has 3 nitrogen and oxygen atoms in total. The molecule has 0 spiro atoms. The van der Waals surface area contributed by atoms with Crippen molar-refractivity contribution in [1.82, 2.24) is 9.62 Å². The predicted octanol–water partition coefficient (Wildman–Crippen LogP) is 5.36. The van der Waals surface area contributed by atoms with E-state index >= 15 is 0 Å². The average molecular weight is 381 g/mol. The lowest BCUT2D eigenvalue weighted by Gasteiger charge is -2.24. The number of halogens is 1. The van der Waals surface area contributed by atoms with Gasteiger partial charge in [0, 0.05) is 17.3 Å². The van der Waals surface area contributed by atoms with Gasteiger partial charge in [0.05, 0.1) is 0 Å². The Morgan fingerprint density at radius 1 is 1.24 bits per heavy atom. The molecular weight excluding hydrogens is 352 g/mol. The zero-order chi connectivity index (χ0) is 18.8. The van der Waals surface area contributed by atoms with Crippen LogP contribution < -0.4 is 5.32 Å². The van der Waals surface area contributed by atoms with Crippen LogP contribution in [-0.2, 0) is 11.3 Å². The van der Waals surface area contributed by atoms with Crippen LogP contribution in [0.25, 0.3) is 0 Å². The third-order valence-electron chi connectivity index (χ3n) is 3.67. The van der Waals surface area contributed by atoms with Crippen molar-refractivity contribution in [1.29, 1.82) is 0 Å². The van der Waals surface area contributed by atoms with E-state index in [1.807, 2.05) is 38.1 Å². The van der Waals surface area contributed by atoms with E-state index in [0.717, 1.165) is 34.7 Å². The van der Waals surface area contributed by atoms with E-state index in [-0.39, 0.29) is 12.5 Å². The van der Waals surface area contributed by atoms with Gasteiger partial charge in [0.15, 0.2) is 0 Å². The number of carbonyl (C=O) groups is 1. The van der Waals surface area contributed by atoms with Crippen LogP contribution in [-0.4, -0.2) is 16.8 Å². The summed E-state index contributed by atoms with van der Waals surface area (Å²) in [6.07, 6.45) is 5.06. The first kappa shape index (κ1) is 21.7. The van der Waals surface area contributed by atoms with Crippen LogP contribution in [0.3, 0.4) is 0 Å². The molecule has 1 N–H and O–H groups in total. The fourth-order valence-corrected chi connectivity index (χ4v) is 2.86. The zero-order valence-corrected chi connectivity index (χ0v) is 17.3. The Labute approximate surface area is 162 Å².